The number of aryl methyl sites for hydroxylation is 1. The lowest BCUT2D eigenvalue weighted by Gasteiger charge is -2.20. The van der Waals surface area contributed by atoms with Crippen molar-refractivity contribution in [3.63, 3.8) is 0 Å². The van der Waals surface area contributed by atoms with E-state index in [0.29, 0.717) is 6.61 Å². The molecule has 0 fully saturated rings. The predicted molar refractivity (Wildman–Crippen MR) is 64.7 cm³/mol. The van der Waals surface area contributed by atoms with Crippen LogP contribution < -0.4 is 4.90 Å². The summed E-state index contributed by atoms with van der Waals surface area (Å²) in [5, 5.41) is 8.99. The van der Waals surface area contributed by atoms with E-state index in [1.807, 2.05) is 27.0 Å². The van der Waals surface area contributed by atoms with Crippen LogP contribution in [0.3, 0.4) is 0 Å². The molecule has 0 atom stereocenters. The van der Waals surface area contributed by atoms with Crippen LogP contribution in [0.5, 0.6) is 0 Å². The number of aromatic nitrogens is 1. The molecule has 0 amide bonds. The van der Waals surface area contributed by atoms with E-state index in [9.17, 15) is 0 Å². The third-order valence-corrected chi connectivity index (χ3v) is 2.43. The first kappa shape index (κ1) is 12.9. The zero-order valence-corrected chi connectivity index (χ0v) is 10.2. The average Bonchev–Trinajstić information content (AvgIpc) is 2.29. The zero-order chi connectivity index (χ0) is 12.0. The SMILES string of the molecule is CCOCCN(C)c1ncc(CO)cc1C. The Morgan fingerprint density at radius 1 is 1.50 bits per heavy atom. The van der Waals surface area contributed by atoms with E-state index < -0.39 is 0 Å². The minimum Gasteiger partial charge on any atom is -0.392 e. The van der Waals surface area contributed by atoms with E-state index in [4.69, 9.17) is 9.84 Å². The molecule has 1 rings (SSSR count). The Labute approximate surface area is 96.9 Å². The van der Waals surface area contributed by atoms with Crippen molar-refractivity contribution in [3.05, 3.63) is 23.4 Å². The summed E-state index contributed by atoms with van der Waals surface area (Å²) in [6.45, 7) is 6.29. The van der Waals surface area contributed by atoms with Crippen LogP contribution in [0.25, 0.3) is 0 Å². The van der Waals surface area contributed by atoms with Crippen LogP contribution in [0.1, 0.15) is 18.1 Å². The van der Waals surface area contributed by atoms with Gasteiger partial charge in [-0.05, 0) is 31.0 Å². The highest BCUT2D eigenvalue weighted by Gasteiger charge is 2.06. The topological polar surface area (TPSA) is 45.6 Å². The molecular weight excluding hydrogens is 204 g/mol. The van der Waals surface area contributed by atoms with Crippen molar-refractivity contribution in [2.45, 2.75) is 20.5 Å². The lowest BCUT2D eigenvalue weighted by atomic mass is 10.2. The molecule has 0 bridgehead atoms. The number of anilines is 1. The van der Waals surface area contributed by atoms with Crippen molar-refractivity contribution in [3.8, 4) is 0 Å². The molecule has 1 N–H and O–H groups in total. The first-order valence-electron chi connectivity index (χ1n) is 5.54. The molecule has 0 saturated heterocycles. The van der Waals surface area contributed by atoms with Gasteiger partial charge in [0.25, 0.3) is 0 Å². The number of hydrogen-bond acceptors (Lipinski definition) is 4. The monoisotopic (exact) mass is 224 g/mol. The maximum absolute atomic E-state index is 8.99. The number of nitrogens with zero attached hydrogens (tertiary/aromatic N) is 2. The highest BCUT2D eigenvalue weighted by molar-refractivity contribution is 5.46. The Morgan fingerprint density at radius 3 is 2.81 bits per heavy atom. The smallest absolute Gasteiger partial charge is 0.131 e. The fourth-order valence-corrected chi connectivity index (χ4v) is 1.56. The highest BCUT2D eigenvalue weighted by Crippen LogP contribution is 2.16. The molecule has 1 aromatic heterocycles. The van der Waals surface area contributed by atoms with Crippen molar-refractivity contribution < 1.29 is 9.84 Å². The molecule has 0 aliphatic rings. The van der Waals surface area contributed by atoms with E-state index in [1.54, 1.807) is 6.20 Å². The van der Waals surface area contributed by atoms with Gasteiger partial charge in [0.1, 0.15) is 5.82 Å². The second-order valence-corrected chi connectivity index (χ2v) is 3.76. The van der Waals surface area contributed by atoms with Crippen LogP contribution in [-0.4, -0.2) is 36.9 Å². The summed E-state index contributed by atoms with van der Waals surface area (Å²) < 4.78 is 5.30. The summed E-state index contributed by atoms with van der Waals surface area (Å²) in [5.74, 6) is 0.942. The van der Waals surface area contributed by atoms with Gasteiger partial charge in [-0.1, -0.05) is 0 Å². The summed E-state index contributed by atoms with van der Waals surface area (Å²) in [6.07, 6.45) is 1.71. The van der Waals surface area contributed by atoms with Crippen LogP contribution >= 0.6 is 0 Å². The molecule has 1 heterocycles. The van der Waals surface area contributed by atoms with Gasteiger partial charge >= 0.3 is 0 Å². The first-order chi connectivity index (χ1) is 7.69. The second kappa shape index (κ2) is 6.45. The number of aliphatic hydroxyl groups is 1. The molecule has 0 aliphatic carbocycles. The molecule has 4 nitrogen and oxygen atoms in total. The summed E-state index contributed by atoms with van der Waals surface area (Å²) in [4.78, 5) is 6.40. The fraction of sp³-hybridized carbons (Fsp3) is 0.583. The molecule has 0 aliphatic heterocycles. The van der Waals surface area contributed by atoms with Crippen LogP contribution in [-0.2, 0) is 11.3 Å². The minimum atomic E-state index is 0.0385. The third-order valence-electron chi connectivity index (χ3n) is 2.43. The second-order valence-electron chi connectivity index (χ2n) is 3.76. The van der Waals surface area contributed by atoms with Crippen LogP contribution in [0.15, 0.2) is 12.3 Å². The molecule has 0 aromatic carbocycles. The minimum absolute atomic E-state index is 0.0385. The summed E-state index contributed by atoms with van der Waals surface area (Å²) in [5.41, 5.74) is 1.92. The average molecular weight is 224 g/mol. The van der Waals surface area contributed by atoms with E-state index in [0.717, 1.165) is 30.1 Å². The van der Waals surface area contributed by atoms with Gasteiger partial charge in [-0.2, -0.15) is 0 Å². The van der Waals surface area contributed by atoms with Gasteiger partial charge in [-0.3, -0.25) is 0 Å². The van der Waals surface area contributed by atoms with E-state index in [-0.39, 0.29) is 6.61 Å². The zero-order valence-electron chi connectivity index (χ0n) is 10.2. The standard InChI is InChI=1S/C12H20N2O2/c1-4-16-6-5-14(3)12-10(2)7-11(9-15)8-13-12/h7-8,15H,4-6,9H2,1-3H3. The Morgan fingerprint density at radius 2 is 2.25 bits per heavy atom. The van der Waals surface area contributed by atoms with Gasteiger partial charge in [-0.25, -0.2) is 4.98 Å². The molecule has 1 aromatic rings. The highest BCUT2D eigenvalue weighted by atomic mass is 16.5. The van der Waals surface area contributed by atoms with Crippen molar-refractivity contribution in [2.24, 2.45) is 0 Å². The van der Waals surface area contributed by atoms with Gasteiger partial charge in [0.2, 0.25) is 0 Å². The molecule has 0 radical (unpaired) electrons. The maximum Gasteiger partial charge on any atom is 0.131 e. The van der Waals surface area contributed by atoms with Gasteiger partial charge < -0.3 is 14.7 Å². The molecule has 0 unspecified atom stereocenters. The number of pyridine rings is 1. The van der Waals surface area contributed by atoms with Crippen molar-refractivity contribution in [1.82, 2.24) is 4.98 Å². The van der Waals surface area contributed by atoms with Crippen LogP contribution in [0, 0.1) is 6.92 Å². The molecule has 0 saturated carbocycles. The summed E-state index contributed by atoms with van der Waals surface area (Å²) in [6, 6.07) is 1.96. The van der Waals surface area contributed by atoms with Gasteiger partial charge in [0.15, 0.2) is 0 Å². The van der Waals surface area contributed by atoms with E-state index in [2.05, 4.69) is 9.88 Å². The first-order valence-corrected chi connectivity index (χ1v) is 5.54. The van der Waals surface area contributed by atoms with Gasteiger partial charge in [-0.15, -0.1) is 0 Å². The largest absolute Gasteiger partial charge is 0.392 e. The van der Waals surface area contributed by atoms with Gasteiger partial charge in [0.05, 0.1) is 13.2 Å². The lowest BCUT2D eigenvalue weighted by Crippen LogP contribution is -2.24. The number of hydrogen-bond donors (Lipinski definition) is 1. The number of aliphatic hydroxyl groups excluding tert-OH is 1. The molecular formula is C12H20N2O2. The van der Waals surface area contributed by atoms with Gasteiger partial charge in [0, 0.05) is 26.4 Å². The molecule has 90 valence electrons. The normalized spacial score (nSPS) is 10.5. The Hall–Kier alpha value is -1.13. The predicted octanol–water partition coefficient (Wildman–Crippen LogP) is 1.36. The number of likely N-dealkylation sites (N-methyl/N-ethyl adjacent to an activating group) is 1. The number of ether oxygens (including phenoxy) is 1. The quantitative estimate of drug-likeness (QED) is 0.741. The van der Waals surface area contributed by atoms with Crippen molar-refractivity contribution in [1.29, 1.82) is 0 Å². The Kier molecular flexibility index (Phi) is 5.22. The van der Waals surface area contributed by atoms with Crippen LogP contribution in [0.2, 0.25) is 0 Å². The molecule has 4 heteroatoms. The molecule has 16 heavy (non-hydrogen) atoms. The molecule has 0 spiro atoms. The summed E-state index contributed by atoms with van der Waals surface area (Å²) >= 11 is 0. The maximum atomic E-state index is 8.99. The lowest BCUT2D eigenvalue weighted by molar-refractivity contribution is 0.154. The Bertz CT molecular complexity index is 329. The van der Waals surface area contributed by atoms with Crippen molar-refractivity contribution >= 4 is 5.82 Å². The number of rotatable bonds is 6. The summed E-state index contributed by atoms with van der Waals surface area (Å²) in [7, 11) is 1.99. The van der Waals surface area contributed by atoms with Crippen molar-refractivity contribution in [2.75, 3.05) is 31.7 Å². The van der Waals surface area contributed by atoms with E-state index >= 15 is 0 Å². The van der Waals surface area contributed by atoms with Crippen LogP contribution in [0.4, 0.5) is 5.82 Å². The fourth-order valence-electron chi connectivity index (χ4n) is 1.56. The van der Waals surface area contributed by atoms with E-state index in [1.165, 1.54) is 0 Å². The Balaban J connectivity index is 2.64. The third kappa shape index (κ3) is 3.47.